The molecule has 0 saturated heterocycles. The Morgan fingerprint density at radius 1 is 1.14 bits per heavy atom. The number of amides is 2. The first-order valence-electron chi connectivity index (χ1n) is 8.38. The van der Waals surface area contributed by atoms with Gasteiger partial charge in [0.25, 0.3) is 5.91 Å². The molecule has 0 radical (unpaired) electrons. The van der Waals surface area contributed by atoms with E-state index >= 15 is 0 Å². The fourth-order valence-electron chi connectivity index (χ4n) is 2.51. The fraction of sp³-hybridized carbons (Fsp3) is 0.111. The molecule has 0 unspecified atom stereocenters. The molecule has 0 aliphatic rings. The third kappa shape index (κ3) is 4.18. The Kier molecular flexibility index (Phi) is 5.02. The Morgan fingerprint density at radius 2 is 2.07 bits per heavy atom. The van der Waals surface area contributed by atoms with Crippen molar-refractivity contribution in [1.29, 1.82) is 0 Å². The molecule has 2 N–H and O–H groups in total. The number of nitrogens with one attached hydrogen (secondary N) is 2. The smallest absolute Gasteiger partial charge is 0.277 e. The van der Waals surface area contributed by atoms with Crippen molar-refractivity contribution in [3.05, 3.63) is 71.6 Å². The zero-order valence-corrected chi connectivity index (χ0v) is 15.4. The minimum atomic E-state index is -0.398. The summed E-state index contributed by atoms with van der Waals surface area (Å²) in [4.78, 5) is 40.7. The number of imidazole rings is 1. The number of hydrogen-bond donors (Lipinski definition) is 2. The molecule has 0 aromatic carbocycles. The van der Waals surface area contributed by atoms with Gasteiger partial charge in [0, 0.05) is 30.2 Å². The molecular formula is C18H15N7O2S. The molecule has 4 aromatic rings. The highest BCUT2D eigenvalue weighted by Crippen LogP contribution is 2.16. The number of carbonyl (C=O) groups excluding carboxylic acids is 2. The highest BCUT2D eigenvalue weighted by molar-refractivity contribution is 7.14. The third-order valence-electron chi connectivity index (χ3n) is 3.79. The van der Waals surface area contributed by atoms with Crippen LogP contribution in [0.15, 0.2) is 54.6 Å². The van der Waals surface area contributed by atoms with Crippen molar-refractivity contribution >= 4 is 33.9 Å². The maximum atomic E-state index is 12.2. The Labute approximate surface area is 163 Å². The average Bonchev–Trinajstić information content (AvgIpc) is 3.33. The van der Waals surface area contributed by atoms with Crippen LogP contribution in [-0.4, -0.2) is 36.2 Å². The van der Waals surface area contributed by atoms with Crippen LogP contribution in [0.25, 0.3) is 5.65 Å². The molecule has 0 spiro atoms. The summed E-state index contributed by atoms with van der Waals surface area (Å²) < 4.78 is 1.90. The lowest BCUT2D eigenvalue weighted by molar-refractivity contribution is -0.120. The van der Waals surface area contributed by atoms with E-state index in [-0.39, 0.29) is 18.0 Å². The first-order chi connectivity index (χ1) is 13.7. The van der Waals surface area contributed by atoms with E-state index in [1.807, 2.05) is 35.0 Å². The zero-order chi connectivity index (χ0) is 19.3. The van der Waals surface area contributed by atoms with E-state index in [0.717, 1.165) is 11.3 Å². The topological polar surface area (TPSA) is 114 Å². The number of aromatic nitrogens is 5. The molecule has 4 rings (SSSR count). The molecule has 0 aliphatic carbocycles. The van der Waals surface area contributed by atoms with Gasteiger partial charge < -0.3 is 9.72 Å². The molecule has 2 amide bonds. The van der Waals surface area contributed by atoms with Crippen LogP contribution in [0.1, 0.15) is 21.9 Å². The maximum Gasteiger partial charge on any atom is 0.277 e. The van der Waals surface area contributed by atoms with Crippen molar-refractivity contribution in [2.75, 3.05) is 5.32 Å². The second-order valence-electron chi connectivity index (χ2n) is 5.84. The second-order valence-corrected chi connectivity index (χ2v) is 6.70. The van der Waals surface area contributed by atoms with Crippen LogP contribution < -0.4 is 10.6 Å². The number of fused-ring (bicyclic) bond motifs is 1. The summed E-state index contributed by atoms with van der Waals surface area (Å²) in [5, 5.41) is 7.61. The SMILES string of the molecule is O=C(Cc1csc(NC(=O)c2cnccn2)n1)NCc1cn2ccccc2n1. The summed E-state index contributed by atoms with van der Waals surface area (Å²) >= 11 is 1.25. The van der Waals surface area contributed by atoms with Gasteiger partial charge in [-0.2, -0.15) is 0 Å². The van der Waals surface area contributed by atoms with Gasteiger partial charge in [0.15, 0.2) is 5.13 Å². The summed E-state index contributed by atoms with van der Waals surface area (Å²) in [5.74, 6) is -0.570. The van der Waals surface area contributed by atoms with E-state index in [0.29, 0.717) is 17.4 Å². The van der Waals surface area contributed by atoms with E-state index in [1.165, 1.54) is 29.9 Å². The standard InChI is InChI=1S/C18H15N7O2S/c26-16(21-8-13-10-25-6-2-1-3-15(25)22-13)7-12-11-28-18(23-12)24-17(27)14-9-19-4-5-20-14/h1-6,9-11H,7-8H2,(H,21,26)(H,23,24,27). The molecule has 10 heteroatoms. The van der Waals surface area contributed by atoms with Gasteiger partial charge in [0.2, 0.25) is 5.91 Å². The van der Waals surface area contributed by atoms with Crippen molar-refractivity contribution in [3.63, 3.8) is 0 Å². The van der Waals surface area contributed by atoms with Crippen molar-refractivity contribution in [1.82, 2.24) is 29.7 Å². The van der Waals surface area contributed by atoms with Crippen LogP contribution in [0.2, 0.25) is 0 Å². The van der Waals surface area contributed by atoms with Gasteiger partial charge in [-0.05, 0) is 12.1 Å². The van der Waals surface area contributed by atoms with Gasteiger partial charge in [-0.25, -0.2) is 15.0 Å². The molecule has 4 aromatic heterocycles. The Hall–Kier alpha value is -3.66. The highest BCUT2D eigenvalue weighted by atomic mass is 32.1. The predicted octanol–water partition coefficient (Wildman–Crippen LogP) is 1.69. The number of rotatable bonds is 6. The molecular weight excluding hydrogens is 378 g/mol. The molecule has 0 bridgehead atoms. The van der Waals surface area contributed by atoms with Gasteiger partial charge >= 0.3 is 0 Å². The molecule has 9 nitrogen and oxygen atoms in total. The Morgan fingerprint density at radius 3 is 2.89 bits per heavy atom. The first-order valence-corrected chi connectivity index (χ1v) is 9.26. The average molecular weight is 393 g/mol. The zero-order valence-electron chi connectivity index (χ0n) is 14.6. The second kappa shape index (κ2) is 7.92. The minimum absolute atomic E-state index is 0.116. The van der Waals surface area contributed by atoms with Gasteiger partial charge in [0.05, 0.1) is 30.6 Å². The monoisotopic (exact) mass is 393 g/mol. The summed E-state index contributed by atoms with van der Waals surface area (Å²) in [6.45, 7) is 0.334. The largest absolute Gasteiger partial charge is 0.350 e. The molecule has 0 fully saturated rings. The molecule has 28 heavy (non-hydrogen) atoms. The lowest BCUT2D eigenvalue weighted by atomic mass is 10.3. The van der Waals surface area contributed by atoms with Crippen LogP contribution in [0, 0.1) is 0 Å². The Balaban J connectivity index is 1.30. The fourth-order valence-corrected chi connectivity index (χ4v) is 3.22. The molecule has 140 valence electrons. The summed E-state index contributed by atoms with van der Waals surface area (Å²) in [7, 11) is 0. The molecule has 0 atom stereocenters. The van der Waals surface area contributed by atoms with E-state index in [1.54, 1.807) is 5.38 Å². The van der Waals surface area contributed by atoms with Gasteiger partial charge in [0.1, 0.15) is 11.3 Å². The lowest BCUT2D eigenvalue weighted by Gasteiger charge is -2.01. The molecule has 0 saturated carbocycles. The van der Waals surface area contributed by atoms with Crippen LogP contribution in [0.3, 0.4) is 0 Å². The number of carbonyl (C=O) groups is 2. The lowest BCUT2D eigenvalue weighted by Crippen LogP contribution is -2.24. The van der Waals surface area contributed by atoms with E-state index in [2.05, 4.69) is 30.6 Å². The van der Waals surface area contributed by atoms with E-state index in [9.17, 15) is 9.59 Å². The predicted molar refractivity (Wildman–Crippen MR) is 103 cm³/mol. The summed E-state index contributed by atoms with van der Waals surface area (Å²) in [5.41, 5.74) is 2.38. The number of hydrogen-bond acceptors (Lipinski definition) is 7. The van der Waals surface area contributed by atoms with Crippen molar-refractivity contribution in [3.8, 4) is 0 Å². The number of anilines is 1. The van der Waals surface area contributed by atoms with Gasteiger partial charge in [-0.15, -0.1) is 11.3 Å². The Bertz CT molecular complexity index is 1090. The van der Waals surface area contributed by atoms with Gasteiger partial charge in [-0.3, -0.25) is 19.9 Å². The van der Waals surface area contributed by atoms with E-state index < -0.39 is 5.91 Å². The van der Waals surface area contributed by atoms with Crippen LogP contribution in [-0.2, 0) is 17.8 Å². The minimum Gasteiger partial charge on any atom is -0.350 e. The van der Waals surface area contributed by atoms with Crippen LogP contribution in [0.5, 0.6) is 0 Å². The van der Waals surface area contributed by atoms with Crippen LogP contribution in [0.4, 0.5) is 5.13 Å². The summed E-state index contributed by atoms with van der Waals surface area (Å²) in [6.07, 6.45) is 8.19. The quantitative estimate of drug-likeness (QED) is 0.515. The van der Waals surface area contributed by atoms with Gasteiger partial charge in [-0.1, -0.05) is 6.07 Å². The van der Waals surface area contributed by atoms with Crippen molar-refractivity contribution in [2.45, 2.75) is 13.0 Å². The summed E-state index contributed by atoms with van der Waals surface area (Å²) in [6, 6.07) is 5.73. The highest BCUT2D eigenvalue weighted by Gasteiger charge is 2.12. The van der Waals surface area contributed by atoms with Crippen molar-refractivity contribution in [2.24, 2.45) is 0 Å². The number of thiazole rings is 1. The molecule has 4 heterocycles. The first kappa shape index (κ1) is 17.7. The normalized spacial score (nSPS) is 10.7. The maximum absolute atomic E-state index is 12.2. The number of nitrogens with zero attached hydrogens (tertiary/aromatic N) is 5. The van der Waals surface area contributed by atoms with Crippen molar-refractivity contribution < 1.29 is 9.59 Å². The van der Waals surface area contributed by atoms with Crippen LogP contribution >= 0.6 is 11.3 Å². The molecule has 0 aliphatic heterocycles. The third-order valence-corrected chi connectivity index (χ3v) is 4.60. The van der Waals surface area contributed by atoms with E-state index in [4.69, 9.17) is 0 Å². The number of pyridine rings is 1.